The Hall–Kier alpha value is 0.0700. The van der Waals surface area contributed by atoms with Crippen molar-refractivity contribution < 1.29 is 9.90 Å². The highest BCUT2D eigenvalue weighted by atomic mass is 32.2. The van der Waals surface area contributed by atoms with Crippen LogP contribution in [-0.2, 0) is 4.79 Å². The lowest BCUT2D eigenvalue weighted by Gasteiger charge is -2.34. The molecule has 0 aromatic carbocycles. The second kappa shape index (κ2) is 8.38. The first kappa shape index (κ1) is 17.1. The van der Waals surface area contributed by atoms with Gasteiger partial charge in [-0.2, -0.15) is 0 Å². The van der Waals surface area contributed by atoms with Crippen LogP contribution in [0.4, 0.5) is 0 Å². The summed E-state index contributed by atoms with van der Waals surface area (Å²) in [6, 6.07) is 0. The van der Waals surface area contributed by atoms with Crippen LogP contribution in [-0.4, -0.2) is 33.1 Å². The first-order valence-corrected chi connectivity index (χ1v) is 9.01. The Balaban J connectivity index is 2.54. The second-order valence-electron chi connectivity index (χ2n) is 5.61. The fourth-order valence-electron chi connectivity index (χ4n) is 2.20. The minimum absolute atomic E-state index is 0.0959. The van der Waals surface area contributed by atoms with Gasteiger partial charge in [-0.15, -0.1) is 23.5 Å². The van der Waals surface area contributed by atoms with Crippen molar-refractivity contribution in [3.8, 4) is 0 Å². The van der Waals surface area contributed by atoms with Gasteiger partial charge in [0.1, 0.15) is 5.78 Å². The number of aliphatic hydroxyl groups is 1. The molecule has 19 heavy (non-hydrogen) atoms. The molecule has 0 radical (unpaired) electrons. The molecule has 0 saturated carbocycles. The molecule has 0 unspecified atom stereocenters. The third kappa shape index (κ3) is 6.37. The minimum atomic E-state index is 0.0959. The van der Waals surface area contributed by atoms with Gasteiger partial charge in [-0.1, -0.05) is 18.6 Å². The molecule has 0 bridgehead atoms. The van der Waals surface area contributed by atoms with Crippen molar-refractivity contribution >= 4 is 29.3 Å². The third-order valence-electron chi connectivity index (χ3n) is 3.13. The van der Waals surface area contributed by atoms with E-state index in [0.717, 1.165) is 6.42 Å². The van der Waals surface area contributed by atoms with Gasteiger partial charge in [0.2, 0.25) is 0 Å². The second-order valence-corrected chi connectivity index (χ2v) is 8.72. The van der Waals surface area contributed by atoms with E-state index in [1.165, 1.54) is 23.5 Å². The molecule has 0 aromatic rings. The lowest BCUT2D eigenvalue weighted by molar-refractivity contribution is -0.120. The quantitative estimate of drug-likeness (QED) is 0.724. The molecule has 1 rings (SSSR count). The molecule has 1 heterocycles. The Morgan fingerprint density at radius 3 is 2.53 bits per heavy atom. The molecular formula is C15H26O2S2. The Bertz CT molecular complexity index is 316. The maximum Gasteiger partial charge on any atom is 0.133 e. The van der Waals surface area contributed by atoms with Crippen LogP contribution in [0.2, 0.25) is 0 Å². The monoisotopic (exact) mass is 302 g/mol. The van der Waals surface area contributed by atoms with Crippen LogP contribution in [0, 0.1) is 5.92 Å². The number of aliphatic hydroxyl groups excluding tert-OH is 1. The molecule has 1 saturated heterocycles. The van der Waals surface area contributed by atoms with Gasteiger partial charge in [0.15, 0.2) is 0 Å². The van der Waals surface area contributed by atoms with E-state index in [1.807, 2.05) is 30.4 Å². The average Bonchev–Trinajstić information content (AvgIpc) is 2.36. The Morgan fingerprint density at radius 2 is 2.00 bits per heavy atom. The van der Waals surface area contributed by atoms with Crippen LogP contribution < -0.4 is 0 Å². The van der Waals surface area contributed by atoms with Gasteiger partial charge in [0.05, 0.1) is 4.08 Å². The lowest BCUT2D eigenvalue weighted by Crippen LogP contribution is -2.24. The molecule has 2 nitrogen and oxygen atoms in total. The summed E-state index contributed by atoms with van der Waals surface area (Å²) in [5.41, 5.74) is 1.33. The molecule has 1 atom stereocenters. The number of hydrogen-bond acceptors (Lipinski definition) is 4. The highest BCUT2D eigenvalue weighted by Crippen LogP contribution is 2.47. The number of thioether (sulfide) groups is 2. The van der Waals surface area contributed by atoms with Crippen molar-refractivity contribution in [3.05, 3.63) is 11.6 Å². The van der Waals surface area contributed by atoms with E-state index in [9.17, 15) is 4.79 Å². The largest absolute Gasteiger partial charge is 0.396 e. The molecule has 0 aliphatic carbocycles. The van der Waals surface area contributed by atoms with Gasteiger partial charge in [-0.3, -0.25) is 4.79 Å². The van der Waals surface area contributed by atoms with Crippen molar-refractivity contribution in [3.63, 3.8) is 0 Å². The SMILES string of the molecule is CC(C)=CC1(CCC(=O)C[C@@H](C)CO)SCCCS1. The molecule has 1 fully saturated rings. The van der Waals surface area contributed by atoms with Crippen molar-refractivity contribution in [2.24, 2.45) is 5.92 Å². The highest BCUT2D eigenvalue weighted by Gasteiger charge is 2.31. The van der Waals surface area contributed by atoms with Crippen LogP contribution in [0.15, 0.2) is 11.6 Å². The van der Waals surface area contributed by atoms with E-state index < -0.39 is 0 Å². The fraction of sp³-hybridized carbons (Fsp3) is 0.800. The van der Waals surface area contributed by atoms with Gasteiger partial charge in [0, 0.05) is 19.4 Å². The van der Waals surface area contributed by atoms with Gasteiger partial charge < -0.3 is 5.11 Å². The van der Waals surface area contributed by atoms with E-state index in [0.29, 0.717) is 12.8 Å². The van der Waals surface area contributed by atoms with Crippen LogP contribution in [0.25, 0.3) is 0 Å². The number of ketones is 1. The van der Waals surface area contributed by atoms with Crippen LogP contribution in [0.5, 0.6) is 0 Å². The average molecular weight is 303 g/mol. The number of allylic oxidation sites excluding steroid dienone is 1. The summed E-state index contributed by atoms with van der Waals surface area (Å²) in [4.78, 5) is 11.9. The fourth-order valence-corrected chi connectivity index (χ4v) is 5.61. The van der Waals surface area contributed by atoms with Crippen molar-refractivity contribution in [1.82, 2.24) is 0 Å². The van der Waals surface area contributed by atoms with Crippen LogP contribution in [0.3, 0.4) is 0 Å². The summed E-state index contributed by atoms with van der Waals surface area (Å²) in [6.07, 6.45) is 5.67. The number of rotatable bonds is 7. The molecule has 110 valence electrons. The molecule has 0 amide bonds. The molecular weight excluding hydrogens is 276 g/mol. The molecule has 4 heteroatoms. The number of hydrogen-bond donors (Lipinski definition) is 1. The zero-order chi connectivity index (χ0) is 14.3. The summed E-state index contributed by atoms with van der Waals surface area (Å²) in [7, 11) is 0. The molecule has 1 aliphatic heterocycles. The molecule has 1 aliphatic rings. The summed E-state index contributed by atoms with van der Waals surface area (Å²) >= 11 is 3.98. The molecule has 0 aromatic heterocycles. The van der Waals surface area contributed by atoms with Gasteiger partial charge in [0.25, 0.3) is 0 Å². The molecule has 0 spiro atoms. The van der Waals surface area contributed by atoms with Crippen molar-refractivity contribution in [2.45, 2.75) is 50.5 Å². The van der Waals surface area contributed by atoms with E-state index in [2.05, 4.69) is 19.9 Å². The van der Waals surface area contributed by atoms with E-state index >= 15 is 0 Å². The maximum absolute atomic E-state index is 11.9. The highest BCUT2D eigenvalue weighted by molar-refractivity contribution is 8.19. The Morgan fingerprint density at radius 1 is 1.37 bits per heavy atom. The minimum Gasteiger partial charge on any atom is -0.396 e. The lowest BCUT2D eigenvalue weighted by atomic mass is 10.0. The Labute approximate surface area is 125 Å². The predicted molar refractivity (Wildman–Crippen MR) is 86.8 cm³/mol. The number of carbonyl (C=O) groups is 1. The summed E-state index contributed by atoms with van der Waals surface area (Å²) in [6.45, 7) is 6.29. The van der Waals surface area contributed by atoms with Gasteiger partial charge in [-0.25, -0.2) is 0 Å². The molecule has 1 N–H and O–H groups in total. The summed E-state index contributed by atoms with van der Waals surface area (Å²) in [5.74, 6) is 2.77. The van der Waals surface area contributed by atoms with Gasteiger partial charge in [-0.05, 0) is 44.1 Å². The van der Waals surface area contributed by atoms with Crippen molar-refractivity contribution in [2.75, 3.05) is 18.1 Å². The first-order valence-electron chi connectivity index (χ1n) is 7.04. The van der Waals surface area contributed by atoms with E-state index in [1.54, 1.807) is 0 Å². The summed E-state index contributed by atoms with van der Waals surface area (Å²) < 4.78 is 0.106. The van der Waals surface area contributed by atoms with E-state index in [-0.39, 0.29) is 22.4 Å². The third-order valence-corrected chi connectivity index (χ3v) is 6.44. The zero-order valence-electron chi connectivity index (χ0n) is 12.3. The normalized spacial score (nSPS) is 19.8. The standard InChI is InChI=1S/C15H26O2S2/c1-12(2)10-15(18-7-4-8-19-15)6-5-14(17)9-13(3)11-16/h10,13,16H,4-9,11H2,1-3H3/t13-/m1/s1. The zero-order valence-corrected chi connectivity index (χ0v) is 13.9. The van der Waals surface area contributed by atoms with Crippen LogP contribution in [0.1, 0.15) is 46.5 Å². The van der Waals surface area contributed by atoms with Gasteiger partial charge >= 0.3 is 0 Å². The van der Waals surface area contributed by atoms with Crippen molar-refractivity contribution in [1.29, 1.82) is 0 Å². The summed E-state index contributed by atoms with van der Waals surface area (Å²) in [5, 5.41) is 9.00. The smallest absolute Gasteiger partial charge is 0.133 e. The number of Topliss-reactive ketones (excluding diaryl/α,β-unsaturated/α-hetero) is 1. The first-order chi connectivity index (χ1) is 8.97. The maximum atomic E-state index is 11.9. The number of carbonyl (C=O) groups excluding carboxylic acids is 1. The predicted octanol–water partition coefficient (Wildman–Crippen LogP) is 3.89. The van der Waals surface area contributed by atoms with Crippen LogP contribution >= 0.6 is 23.5 Å². The van der Waals surface area contributed by atoms with E-state index in [4.69, 9.17) is 5.11 Å². The topological polar surface area (TPSA) is 37.3 Å². The Kier molecular flexibility index (Phi) is 7.55.